The molecule has 0 aliphatic heterocycles. The smallest absolute Gasteiger partial charge is 0.325 e. The first kappa shape index (κ1) is 20.8. The maximum absolute atomic E-state index is 12.4. The number of non-ortho nitro benzene ring substituents is 1. The number of carbonyl (C=O) groups is 2. The molecule has 0 aliphatic carbocycles. The molecule has 0 unspecified atom stereocenters. The minimum Gasteiger partial charge on any atom is -0.480 e. The highest BCUT2D eigenvalue weighted by molar-refractivity contribution is 6.30. The van der Waals surface area contributed by atoms with Crippen LogP contribution < -0.4 is 10.1 Å². The number of nitro benzene ring substituents is 1. The van der Waals surface area contributed by atoms with Gasteiger partial charge < -0.3 is 15.2 Å². The van der Waals surface area contributed by atoms with Crippen molar-refractivity contribution in [2.75, 3.05) is 5.32 Å². The van der Waals surface area contributed by atoms with Crippen LogP contribution in [0.1, 0.15) is 16.1 Å². The van der Waals surface area contributed by atoms with E-state index in [1.807, 2.05) is 0 Å². The fourth-order valence-electron chi connectivity index (χ4n) is 2.58. The molecule has 3 rings (SSSR count). The Kier molecular flexibility index (Phi) is 5.98. The van der Waals surface area contributed by atoms with E-state index >= 15 is 0 Å². The van der Waals surface area contributed by atoms with E-state index in [0.717, 1.165) is 10.2 Å². The van der Waals surface area contributed by atoms with Gasteiger partial charge in [0, 0.05) is 23.4 Å². The van der Waals surface area contributed by atoms with Gasteiger partial charge in [-0.2, -0.15) is 5.10 Å². The molecule has 1 aromatic heterocycles. The van der Waals surface area contributed by atoms with Crippen LogP contribution in [0, 0.1) is 17.0 Å². The highest BCUT2D eigenvalue weighted by atomic mass is 35.5. The van der Waals surface area contributed by atoms with Crippen LogP contribution in [-0.4, -0.2) is 31.7 Å². The van der Waals surface area contributed by atoms with Gasteiger partial charge in [-0.25, -0.2) is 0 Å². The fraction of sp³-hybridized carbons (Fsp3) is 0.105. The minimum atomic E-state index is -1.11. The van der Waals surface area contributed by atoms with Crippen LogP contribution in [-0.2, 0) is 11.3 Å². The van der Waals surface area contributed by atoms with Crippen LogP contribution in [0.2, 0.25) is 5.02 Å². The maximum atomic E-state index is 12.4. The summed E-state index contributed by atoms with van der Waals surface area (Å²) in [7, 11) is 0. The van der Waals surface area contributed by atoms with Crippen LogP contribution in [0.25, 0.3) is 0 Å². The van der Waals surface area contributed by atoms with Gasteiger partial charge in [0.2, 0.25) is 0 Å². The average molecular weight is 431 g/mol. The van der Waals surface area contributed by atoms with Crippen molar-refractivity contribution in [1.82, 2.24) is 9.78 Å². The zero-order chi connectivity index (χ0) is 21.8. The Labute approximate surface area is 174 Å². The Morgan fingerprint density at radius 2 is 2.03 bits per heavy atom. The molecule has 0 fully saturated rings. The summed E-state index contributed by atoms with van der Waals surface area (Å²) < 4.78 is 6.82. The van der Waals surface area contributed by atoms with Crippen LogP contribution >= 0.6 is 11.6 Å². The van der Waals surface area contributed by atoms with Crippen LogP contribution in [0.5, 0.6) is 11.5 Å². The monoisotopic (exact) mass is 430 g/mol. The third-order valence-electron chi connectivity index (χ3n) is 3.90. The zero-order valence-corrected chi connectivity index (χ0v) is 16.3. The van der Waals surface area contributed by atoms with Crippen molar-refractivity contribution in [3.8, 4) is 11.5 Å². The standard InChI is InChI=1S/C19H15ClN4O6/c1-11-6-12(20)2-3-17(11)30-15-8-13(7-14(9-15)24(28)29)21-19(27)16-4-5-23(22-16)10-18(25)26/h2-9H,10H2,1H3,(H,21,27)(H,25,26). The van der Waals surface area contributed by atoms with E-state index in [1.54, 1.807) is 25.1 Å². The lowest BCUT2D eigenvalue weighted by Gasteiger charge is -2.11. The molecule has 0 radical (unpaired) electrons. The summed E-state index contributed by atoms with van der Waals surface area (Å²) in [5.41, 5.74) is 0.511. The number of aliphatic carboxylic acids is 1. The number of halogens is 1. The van der Waals surface area contributed by atoms with E-state index in [4.69, 9.17) is 21.4 Å². The Hall–Kier alpha value is -3.92. The Bertz CT molecular complexity index is 1140. The van der Waals surface area contributed by atoms with Crippen molar-refractivity contribution in [3.63, 3.8) is 0 Å². The lowest BCUT2D eigenvalue weighted by molar-refractivity contribution is -0.384. The Morgan fingerprint density at radius 1 is 1.27 bits per heavy atom. The molecule has 30 heavy (non-hydrogen) atoms. The van der Waals surface area contributed by atoms with Gasteiger partial charge in [-0.15, -0.1) is 0 Å². The number of anilines is 1. The number of amides is 1. The number of carbonyl (C=O) groups excluding carboxylic acids is 1. The summed E-state index contributed by atoms with van der Waals surface area (Å²) in [6.45, 7) is 1.37. The quantitative estimate of drug-likeness (QED) is 0.428. The van der Waals surface area contributed by atoms with E-state index in [9.17, 15) is 19.7 Å². The predicted octanol–water partition coefficient (Wildman–Crippen LogP) is 3.88. The molecule has 0 saturated heterocycles. The number of aromatic nitrogens is 2. The maximum Gasteiger partial charge on any atom is 0.325 e. The first-order valence-corrected chi connectivity index (χ1v) is 8.89. The summed E-state index contributed by atoms with van der Waals surface area (Å²) in [4.78, 5) is 33.8. The van der Waals surface area contributed by atoms with Gasteiger partial charge in [0.15, 0.2) is 5.69 Å². The van der Waals surface area contributed by atoms with E-state index < -0.39 is 23.3 Å². The molecular formula is C19H15ClN4O6. The molecule has 0 atom stereocenters. The molecule has 2 aromatic carbocycles. The first-order chi connectivity index (χ1) is 14.2. The van der Waals surface area contributed by atoms with E-state index in [2.05, 4.69) is 10.4 Å². The van der Waals surface area contributed by atoms with Gasteiger partial charge in [-0.1, -0.05) is 11.6 Å². The second kappa shape index (κ2) is 8.62. The number of nitrogens with zero attached hydrogens (tertiary/aromatic N) is 3. The molecule has 0 spiro atoms. The van der Waals surface area contributed by atoms with Gasteiger partial charge in [-0.05, 0) is 36.8 Å². The zero-order valence-electron chi connectivity index (χ0n) is 15.5. The second-order valence-electron chi connectivity index (χ2n) is 6.23. The lowest BCUT2D eigenvalue weighted by Crippen LogP contribution is -2.15. The molecule has 0 aliphatic rings. The number of carboxylic acids is 1. The van der Waals surface area contributed by atoms with Gasteiger partial charge in [0.05, 0.1) is 16.7 Å². The second-order valence-corrected chi connectivity index (χ2v) is 6.67. The third-order valence-corrected chi connectivity index (χ3v) is 4.13. The number of nitrogens with one attached hydrogen (secondary N) is 1. The largest absolute Gasteiger partial charge is 0.480 e. The number of hydrogen-bond acceptors (Lipinski definition) is 6. The number of benzene rings is 2. The molecule has 0 bridgehead atoms. The lowest BCUT2D eigenvalue weighted by atomic mass is 10.2. The van der Waals surface area contributed by atoms with E-state index in [1.165, 1.54) is 30.5 Å². The van der Waals surface area contributed by atoms with Crippen molar-refractivity contribution >= 4 is 34.9 Å². The number of ether oxygens (including phenoxy) is 1. The van der Waals surface area contributed by atoms with Crippen LogP contribution in [0.3, 0.4) is 0 Å². The highest BCUT2D eigenvalue weighted by Crippen LogP contribution is 2.32. The first-order valence-electron chi connectivity index (χ1n) is 8.51. The molecule has 3 aromatic rings. The average Bonchev–Trinajstić information content (AvgIpc) is 3.12. The summed E-state index contributed by atoms with van der Waals surface area (Å²) in [6, 6.07) is 10.1. The summed E-state index contributed by atoms with van der Waals surface area (Å²) >= 11 is 5.92. The number of hydrogen-bond donors (Lipinski definition) is 2. The SMILES string of the molecule is Cc1cc(Cl)ccc1Oc1cc(NC(=O)c2ccn(CC(=O)O)n2)cc([N+](=O)[O-])c1. The third kappa shape index (κ3) is 5.11. The van der Waals surface area contributed by atoms with Crippen molar-refractivity contribution in [2.45, 2.75) is 13.5 Å². The van der Waals surface area contributed by atoms with Crippen LogP contribution in [0.15, 0.2) is 48.7 Å². The van der Waals surface area contributed by atoms with Gasteiger partial charge in [0.25, 0.3) is 11.6 Å². The molecule has 10 nitrogen and oxygen atoms in total. The van der Waals surface area contributed by atoms with Gasteiger partial charge in [0.1, 0.15) is 18.0 Å². The molecule has 1 heterocycles. The summed E-state index contributed by atoms with van der Waals surface area (Å²) in [5, 5.41) is 26.9. The number of nitro groups is 1. The van der Waals surface area contributed by atoms with Crippen molar-refractivity contribution in [2.24, 2.45) is 0 Å². The minimum absolute atomic E-state index is 0.0428. The van der Waals surface area contributed by atoms with Crippen molar-refractivity contribution < 1.29 is 24.4 Å². The van der Waals surface area contributed by atoms with Gasteiger partial charge >= 0.3 is 5.97 Å². The normalized spacial score (nSPS) is 10.5. The molecule has 154 valence electrons. The summed E-state index contributed by atoms with van der Waals surface area (Å²) in [5.74, 6) is -1.18. The Balaban J connectivity index is 1.85. The highest BCUT2D eigenvalue weighted by Gasteiger charge is 2.16. The molecule has 1 amide bonds. The predicted molar refractivity (Wildman–Crippen MR) is 107 cm³/mol. The molecular weight excluding hydrogens is 416 g/mol. The molecule has 2 N–H and O–H groups in total. The van der Waals surface area contributed by atoms with E-state index in [0.29, 0.717) is 10.8 Å². The van der Waals surface area contributed by atoms with Crippen molar-refractivity contribution in [3.05, 3.63) is 75.1 Å². The summed E-state index contributed by atoms with van der Waals surface area (Å²) in [6.07, 6.45) is 1.34. The number of aryl methyl sites for hydroxylation is 1. The van der Waals surface area contributed by atoms with E-state index in [-0.39, 0.29) is 22.8 Å². The van der Waals surface area contributed by atoms with Crippen molar-refractivity contribution in [1.29, 1.82) is 0 Å². The van der Waals surface area contributed by atoms with Crippen LogP contribution in [0.4, 0.5) is 11.4 Å². The Morgan fingerprint density at radius 3 is 2.70 bits per heavy atom. The molecule has 0 saturated carbocycles. The fourth-order valence-corrected chi connectivity index (χ4v) is 2.81. The number of rotatable bonds is 7. The van der Waals surface area contributed by atoms with Gasteiger partial charge in [-0.3, -0.25) is 24.4 Å². The molecule has 11 heteroatoms. The topological polar surface area (TPSA) is 137 Å². The number of carboxylic acid groups (broad SMARTS) is 1.